The number of piperazine rings is 1. The van der Waals surface area contributed by atoms with E-state index in [9.17, 15) is 9.59 Å². The first-order chi connectivity index (χ1) is 13.4. The van der Waals surface area contributed by atoms with Gasteiger partial charge in [0, 0.05) is 37.4 Å². The van der Waals surface area contributed by atoms with Gasteiger partial charge in [-0.1, -0.05) is 29.8 Å². The van der Waals surface area contributed by atoms with E-state index in [1.165, 1.54) is 16.8 Å². The zero-order valence-corrected chi connectivity index (χ0v) is 17.2. The number of benzene rings is 2. The smallest absolute Gasteiger partial charge is 0.251 e. The van der Waals surface area contributed by atoms with Gasteiger partial charge < -0.3 is 15.1 Å². The minimum atomic E-state index is -0.541. The van der Waals surface area contributed by atoms with Crippen LogP contribution in [0, 0.1) is 20.8 Å². The summed E-state index contributed by atoms with van der Waals surface area (Å²) in [5.41, 5.74) is 5.42. The number of nitrogens with one attached hydrogen (secondary N) is 1. The monoisotopic (exact) mass is 379 g/mol. The Morgan fingerprint density at radius 2 is 1.64 bits per heavy atom. The Bertz CT molecular complexity index is 870. The molecule has 0 aliphatic carbocycles. The van der Waals surface area contributed by atoms with Gasteiger partial charge in [-0.05, 0) is 57.0 Å². The number of nitrogens with zero attached hydrogens (tertiary/aromatic N) is 2. The summed E-state index contributed by atoms with van der Waals surface area (Å²) in [6.45, 7) is 10.9. The lowest BCUT2D eigenvalue weighted by Crippen LogP contribution is -2.54. The molecule has 0 radical (unpaired) electrons. The Hall–Kier alpha value is -2.82. The first kappa shape index (κ1) is 19.9. The Balaban J connectivity index is 1.57. The predicted molar refractivity (Wildman–Crippen MR) is 113 cm³/mol. The van der Waals surface area contributed by atoms with Crippen molar-refractivity contribution in [3.8, 4) is 0 Å². The molecule has 2 amide bonds. The summed E-state index contributed by atoms with van der Waals surface area (Å²) in [5.74, 6) is -0.236. The van der Waals surface area contributed by atoms with Gasteiger partial charge >= 0.3 is 0 Å². The minimum Gasteiger partial charge on any atom is -0.368 e. The third-order valence-electron chi connectivity index (χ3n) is 5.51. The van der Waals surface area contributed by atoms with Crippen molar-refractivity contribution in [2.24, 2.45) is 0 Å². The first-order valence-corrected chi connectivity index (χ1v) is 9.84. The molecule has 1 heterocycles. The number of rotatable bonds is 4. The van der Waals surface area contributed by atoms with Crippen LogP contribution in [0.5, 0.6) is 0 Å². The summed E-state index contributed by atoms with van der Waals surface area (Å²) in [6.07, 6.45) is 0. The maximum absolute atomic E-state index is 12.8. The fourth-order valence-electron chi connectivity index (χ4n) is 3.65. The Morgan fingerprint density at radius 3 is 2.32 bits per heavy atom. The van der Waals surface area contributed by atoms with E-state index in [1.54, 1.807) is 13.0 Å². The topological polar surface area (TPSA) is 52.7 Å². The first-order valence-electron chi connectivity index (χ1n) is 9.84. The molecule has 0 aromatic heterocycles. The highest BCUT2D eigenvalue weighted by Crippen LogP contribution is 2.24. The third-order valence-corrected chi connectivity index (χ3v) is 5.51. The normalized spacial score (nSPS) is 15.3. The SMILES string of the molecule is Cc1cccc(C(=O)NC(C)C(=O)N2CCN(c3cccc(C)c3C)CC2)c1. The Morgan fingerprint density at radius 1 is 0.964 bits per heavy atom. The van der Waals surface area contributed by atoms with Gasteiger partial charge in [-0.3, -0.25) is 9.59 Å². The van der Waals surface area contributed by atoms with E-state index < -0.39 is 6.04 Å². The molecule has 5 nitrogen and oxygen atoms in total. The van der Waals surface area contributed by atoms with E-state index >= 15 is 0 Å². The Labute approximate surface area is 167 Å². The molecule has 2 aromatic carbocycles. The molecule has 1 aliphatic heterocycles. The summed E-state index contributed by atoms with van der Waals surface area (Å²) in [6, 6.07) is 13.2. The second-order valence-electron chi connectivity index (χ2n) is 7.60. The highest BCUT2D eigenvalue weighted by molar-refractivity contribution is 5.97. The Kier molecular flexibility index (Phi) is 6.02. The molecule has 1 atom stereocenters. The fourth-order valence-corrected chi connectivity index (χ4v) is 3.65. The number of anilines is 1. The van der Waals surface area contributed by atoms with Crippen LogP contribution < -0.4 is 10.2 Å². The molecule has 148 valence electrons. The predicted octanol–water partition coefficient (Wildman–Crippen LogP) is 3.08. The maximum Gasteiger partial charge on any atom is 0.251 e. The van der Waals surface area contributed by atoms with Crippen LogP contribution in [0.3, 0.4) is 0 Å². The molecule has 1 aliphatic rings. The van der Waals surface area contributed by atoms with Gasteiger partial charge in [0.1, 0.15) is 6.04 Å². The van der Waals surface area contributed by atoms with E-state index in [0.29, 0.717) is 18.7 Å². The summed E-state index contributed by atoms with van der Waals surface area (Å²) < 4.78 is 0. The average molecular weight is 380 g/mol. The largest absolute Gasteiger partial charge is 0.368 e. The molecule has 1 saturated heterocycles. The quantitative estimate of drug-likeness (QED) is 0.888. The molecule has 5 heteroatoms. The number of amides is 2. The molecule has 1 unspecified atom stereocenters. The lowest BCUT2D eigenvalue weighted by molar-refractivity contribution is -0.133. The van der Waals surface area contributed by atoms with Gasteiger partial charge in [0.05, 0.1) is 0 Å². The van der Waals surface area contributed by atoms with Crippen molar-refractivity contribution in [3.63, 3.8) is 0 Å². The highest BCUT2D eigenvalue weighted by Gasteiger charge is 2.26. The molecule has 1 fully saturated rings. The molecule has 28 heavy (non-hydrogen) atoms. The van der Waals surface area contributed by atoms with Crippen LogP contribution in [0.25, 0.3) is 0 Å². The lowest BCUT2D eigenvalue weighted by Gasteiger charge is -2.38. The second-order valence-corrected chi connectivity index (χ2v) is 7.60. The molecular formula is C23H29N3O2. The van der Waals surface area contributed by atoms with E-state index in [-0.39, 0.29) is 11.8 Å². The molecule has 0 saturated carbocycles. The van der Waals surface area contributed by atoms with Crippen molar-refractivity contribution in [1.29, 1.82) is 0 Å². The van der Waals surface area contributed by atoms with Gasteiger partial charge in [-0.2, -0.15) is 0 Å². The molecule has 3 rings (SSSR count). The van der Waals surface area contributed by atoms with Crippen LogP contribution in [0.15, 0.2) is 42.5 Å². The molecular weight excluding hydrogens is 350 g/mol. The van der Waals surface area contributed by atoms with E-state index in [2.05, 4.69) is 42.3 Å². The molecule has 0 spiro atoms. The van der Waals surface area contributed by atoms with E-state index in [4.69, 9.17) is 0 Å². The number of aryl methyl sites for hydroxylation is 2. The molecule has 2 aromatic rings. The summed E-state index contributed by atoms with van der Waals surface area (Å²) >= 11 is 0. The zero-order valence-electron chi connectivity index (χ0n) is 17.2. The standard InChI is InChI=1S/C23H29N3O2/c1-16-7-5-9-20(15-16)22(27)24-19(4)23(28)26-13-11-25(12-14-26)21-10-6-8-17(2)18(21)3/h5-10,15,19H,11-14H2,1-4H3,(H,24,27). The van der Waals surface area contributed by atoms with E-state index in [0.717, 1.165) is 18.7 Å². The average Bonchev–Trinajstić information content (AvgIpc) is 2.69. The highest BCUT2D eigenvalue weighted by atomic mass is 16.2. The van der Waals surface area contributed by atoms with Crippen molar-refractivity contribution in [2.45, 2.75) is 33.7 Å². The van der Waals surface area contributed by atoms with E-state index in [1.807, 2.05) is 30.0 Å². The summed E-state index contributed by atoms with van der Waals surface area (Å²) in [7, 11) is 0. The fraction of sp³-hybridized carbons (Fsp3) is 0.391. The zero-order chi connectivity index (χ0) is 20.3. The van der Waals surface area contributed by atoms with Crippen molar-refractivity contribution >= 4 is 17.5 Å². The van der Waals surface area contributed by atoms with Gasteiger partial charge in [0.2, 0.25) is 5.91 Å². The molecule has 0 bridgehead atoms. The van der Waals surface area contributed by atoms with Crippen LogP contribution in [-0.4, -0.2) is 48.9 Å². The van der Waals surface area contributed by atoms with Crippen LogP contribution >= 0.6 is 0 Å². The lowest BCUT2D eigenvalue weighted by atomic mass is 10.1. The number of carbonyl (C=O) groups excluding carboxylic acids is 2. The maximum atomic E-state index is 12.8. The van der Waals surface area contributed by atoms with Gasteiger partial charge in [-0.15, -0.1) is 0 Å². The van der Waals surface area contributed by atoms with Crippen molar-refractivity contribution < 1.29 is 9.59 Å². The summed E-state index contributed by atoms with van der Waals surface area (Å²) in [4.78, 5) is 29.4. The van der Waals surface area contributed by atoms with Crippen molar-refractivity contribution in [2.75, 3.05) is 31.1 Å². The summed E-state index contributed by atoms with van der Waals surface area (Å²) in [5, 5.41) is 2.84. The number of carbonyl (C=O) groups is 2. The van der Waals surface area contributed by atoms with Crippen LogP contribution in [0.1, 0.15) is 34.0 Å². The van der Waals surface area contributed by atoms with Crippen LogP contribution in [-0.2, 0) is 4.79 Å². The number of hydrogen-bond donors (Lipinski definition) is 1. The second kappa shape index (κ2) is 8.46. The third kappa shape index (κ3) is 4.35. The number of hydrogen-bond acceptors (Lipinski definition) is 3. The molecule has 1 N–H and O–H groups in total. The van der Waals surface area contributed by atoms with Crippen LogP contribution in [0.2, 0.25) is 0 Å². The van der Waals surface area contributed by atoms with Crippen molar-refractivity contribution in [3.05, 3.63) is 64.7 Å². The minimum absolute atomic E-state index is 0.0263. The van der Waals surface area contributed by atoms with Crippen molar-refractivity contribution in [1.82, 2.24) is 10.2 Å². The van der Waals surface area contributed by atoms with Gasteiger partial charge in [0.15, 0.2) is 0 Å². The van der Waals surface area contributed by atoms with Crippen LogP contribution in [0.4, 0.5) is 5.69 Å². The van der Waals surface area contributed by atoms with Gasteiger partial charge in [-0.25, -0.2) is 0 Å². The van der Waals surface area contributed by atoms with Gasteiger partial charge in [0.25, 0.3) is 5.91 Å².